The van der Waals surface area contributed by atoms with Crippen molar-refractivity contribution < 1.29 is 14.1 Å². The summed E-state index contributed by atoms with van der Waals surface area (Å²) in [5.41, 5.74) is 3.15. The first-order chi connectivity index (χ1) is 10.1. The number of benzene rings is 1. The topological polar surface area (TPSA) is 67.3 Å². The highest BCUT2D eigenvalue weighted by Crippen LogP contribution is 2.24. The highest BCUT2D eigenvalue weighted by atomic mass is 32.2. The fourth-order valence-electron chi connectivity index (χ4n) is 2.59. The molecule has 0 amide bonds. The summed E-state index contributed by atoms with van der Waals surface area (Å²) >= 11 is 0. The minimum Gasteiger partial charge on any atom is -0.477 e. The molecule has 2 aromatic rings. The first-order valence-corrected chi connectivity index (χ1v) is 8.15. The summed E-state index contributed by atoms with van der Waals surface area (Å²) in [7, 11) is -1.20. The molecule has 1 aliphatic carbocycles. The van der Waals surface area contributed by atoms with Crippen molar-refractivity contribution in [1.82, 2.24) is 4.98 Å². The number of carboxylic acids is 1. The van der Waals surface area contributed by atoms with Gasteiger partial charge in [0.2, 0.25) is 0 Å². The number of nitrogens with zero attached hydrogens (tertiary/aromatic N) is 1. The Morgan fingerprint density at radius 1 is 1.19 bits per heavy atom. The number of hydrogen-bond donors (Lipinski definition) is 1. The third-order valence-electron chi connectivity index (χ3n) is 3.64. The molecule has 0 spiro atoms. The van der Waals surface area contributed by atoms with Crippen LogP contribution in [0.4, 0.5) is 0 Å². The molecular weight excluding hydrogens is 286 g/mol. The van der Waals surface area contributed by atoms with E-state index in [1.165, 1.54) is 17.2 Å². The van der Waals surface area contributed by atoms with Crippen LogP contribution in [-0.4, -0.2) is 20.3 Å². The Balaban J connectivity index is 1.80. The summed E-state index contributed by atoms with van der Waals surface area (Å²) in [6.45, 7) is 0. The van der Waals surface area contributed by atoms with Crippen molar-refractivity contribution in [3.63, 3.8) is 0 Å². The van der Waals surface area contributed by atoms with E-state index in [0.717, 1.165) is 24.2 Å². The van der Waals surface area contributed by atoms with E-state index in [1.54, 1.807) is 12.1 Å². The van der Waals surface area contributed by atoms with Gasteiger partial charge in [-0.1, -0.05) is 12.1 Å². The average Bonchev–Trinajstić information content (AvgIpc) is 2.94. The Bertz CT molecular complexity index is 727. The number of pyridine rings is 1. The second-order valence-electron chi connectivity index (χ2n) is 5.09. The van der Waals surface area contributed by atoms with Gasteiger partial charge in [-0.3, -0.25) is 4.21 Å². The Morgan fingerprint density at radius 3 is 2.81 bits per heavy atom. The first kappa shape index (κ1) is 13.9. The fourth-order valence-corrected chi connectivity index (χ4v) is 3.68. The van der Waals surface area contributed by atoms with E-state index >= 15 is 0 Å². The van der Waals surface area contributed by atoms with Crippen LogP contribution in [0.1, 0.15) is 33.7 Å². The number of aromatic carboxylic acids is 1. The highest BCUT2D eigenvalue weighted by Gasteiger charge is 2.14. The molecule has 0 fully saturated rings. The summed E-state index contributed by atoms with van der Waals surface area (Å²) in [6, 6.07) is 10.7. The van der Waals surface area contributed by atoms with Crippen LogP contribution in [0, 0.1) is 0 Å². The molecular formula is C16H15NO3S. The van der Waals surface area contributed by atoms with Gasteiger partial charge in [0.25, 0.3) is 0 Å². The van der Waals surface area contributed by atoms with Crippen LogP contribution in [0.15, 0.2) is 41.3 Å². The van der Waals surface area contributed by atoms with Crippen molar-refractivity contribution in [3.8, 4) is 0 Å². The lowest BCUT2D eigenvalue weighted by atomic mass is 10.1. The molecule has 21 heavy (non-hydrogen) atoms. The Morgan fingerprint density at radius 2 is 2.00 bits per heavy atom. The summed E-state index contributed by atoms with van der Waals surface area (Å²) in [4.78, 5) is 15.7. The zero-order valence-electron chi connectivity index (χ0n) is 11.4. The second kappa shape index (κ2) is 5.77. The van der Waals surface area contributed by atoms with E-state index < -0.39 is 16.8 Å². The van der Waals surface area contributed by atoms with Crippen molar-refractivity contribution in [3.05, 3.63) is 58.9 Å². The Hall–Kier alpha value is -2.01. The van der Waals surface area contributed by atoms with E-state index in [0.29, 0.717) is 5.69 Å². The SMILES string of the molecule is O=C(O)c1cccc(CS(=O)c2ccc3c(c2)CCC3)n1. The van der Waals surface area contributed by atoms with Crippen LogP contribution < -0.4 is 0 Å². The maximum absolute atomic E-state index is 12.4. The van der Waals surface area contributed by atoms with Gasteiger partial charge in [-0.05, 0) is 54.7 Å². The van der Waals surface area contributed by atoms with Gasteiger partial charge >= 0.3 is 5.97 Å². The zero-order valence-corrected chi connectivity index (χ0v) is 12.2. The van der Waals surface area contributed by atoms with Gasteiger partial charge in [-0.25, -0.2) is 9.78 Å². The first-order valence-electron chi connectivity index (χ1n) is 6.83. The van der Waals surface area contributed by atoms with Gasteiger partial charge < -0.3 is 5.11 Å². The number of carboxylic acid groups (broad SMARTS) is 1. The quantitative estimate of drug-likeness (QED) is 0.942. The number of fused-ring (bicyclic) bond motifs is 1. The number of rotatable bonds is 4. The minimum atomic E-state index is -1.20. The third-order valence-corrected chi connectivity index (χ3v) is 4.98. The molecule has 1 N–H and O–H groups in total. The summed E-state index contributed by atoms with van der Waals surface area (Å²) in [6.07, 6.45) is 3.31. The molecule has 0 radical (unpaired) electrons. The molecule has 1 heterocycles. The molecule has 0 bridgehead atoms. The number of carbonyl (C=O) groups is 1. The zero-order chi connectivity index (χ0) is 14.8. The van der Waals surface area contributed by atoms with Gasteiger partial charge in [-0.2, -0.15) is 0 Å². The van der Waals surface area contributed by atoms with E-state index in [-0.39, 0.29) is 11.4 Å². The van der Waals surface area contributed by atoms with Crippen molar-refractivity contribution in [2.24, 2.45) is 0 Å². The van der Waals surface area contributed by atoms with Crippen LogP contribution in [0.2, 0.25) is 0 Å². The fraction of sp³-hybridized carbons (Fsp3) is 0.250. The molecule has 1 aromatic heterocycles. The maximum Gasteiger partial charge on any atom is 0.354 e. The van der Waals surface area contributed by atoms with Gasteiger partial charge in [0, 0.05) is 4.90 Å². The van der Waals surface area contributed by atoms with Gasteiger partial charge in [0.05, 0.1) is 22.2 Å². The minimum absolute atomic E-state index is 0.0153. The molecule has 5 heteroatoms. The maximum atomic E-state index is 12.4. The number of aryl methyl sites for hydroxylation is 2. The average molecular weight is 301 g/mol. The molecule has 108 valence electrons. The summed E-state index contributed by atoms with van der Waals surface area (Å²) in [5.74, 6) is -0.833. The molecule has 3 rings (SSSR count). The number of aromatic nitrogens is 1. The highest BCUT2D eigenvalue weighted by molar-refractivity contribution is 7.84. The predicted molar refractivity (Wildman–Crippen MR) is 79.8 cm³/mol. The normalized spacial score (nSPS) is 14.7. The van der Waals surface area contributed by atoms with Crippen molar-refractivity contribution in [2.45, 2.75) is 29.9 Å². The molecule has 0 aliphatic heterocycles. The Labute approximate surface area is 125 Å². The van der Waals surface area contributed by atoms with E-state index in [1.807, 2.05) is 12.1 Å². The molecule has 4 nitrogen and oxygen atoms in total. The van der Waals surface area contributed by atoms with Crippen molar-refractivity contribution >= 4 is 16.8 Å². The summed E-state index contributed by atoms with van der Waals surface area (Å²) in [5, 5.41) is 8.93. The smallest absolute Gasteiger partial charge is 0.354 e. The molecule has 0 saturated heterocycles. The molecule has 1 unspecified atom stereocenters. The van der Waals surface area contributed by atoms with Crippen LogP contribution >= 0.6 is 0 Å². The van der Waals surface area contributed by atoms with Gasteiger partial charge in [0.15, 0.2) is 0 Å². The molecule has 1 aliphatic rings. The van der Waals surface area contributed by atoms with E-state index in [2.05, 4.69) is 11.1 Å². The monoisotopic (exact) mass is 301 g/mol. The van der Waals surface area contributed by atoms with Crippen molar-refractivity contribution in [1.29, 1.82) is 0 Å². The van der Waals surface area contributed by atoms with Crippen LogP contribution in [0.3, 0.4) is 0 Å². The second-order valence-corrected chi connectivity index (χ2v) is 6.54. The lowest BCUT2D eigenvalue weighted by Crippen LogP contribution is -2.05. The van der Waals surface area contributed by atoms with E-state index in [4.69, 9.17) is 5.11 Å². The number of hydrogen-bond acceptors (Lipinski definition) is 3. The van der Waals surface area contributed by atoms with Crippen molar-refractivity contribution in [2.75, 3.05) is 0 Å². The van der Waals surface area contributed by atoms with Crippen LogP contribution in [-0.2, 0) is 29.4 Å². The molecule has 1 atom stereocenters. The standard InChI is InChI=1S/C16H15NO3S/c18-16(19)15-6-2-5-13(17-15)10-21(20)14-8-7-11-3-1-4-12(11)9-14/h2,5-9H,1,3-4,10H2,(H,18,19). The molecule has 0 saturated carbocycles. The lowest BCUT2D eigenvalue weighted by molar-refractivity contribution is 0.0690. The predicted octanol–water partition coefficient (Wildman–Crippen LogP) is 2.58. The molecule has 1 aromatic carbocycles. The Kier molecular flexibility index (Phi) is 3.84. The van der Waals surface area contributed by atoms with Gasteiger partial charge in [-0.15, -0.1) is 0 Å². The lowest BCUT2D eigenvalue weighted by Gasteiger charge is -2.06. The van der Waals surface area contributed by atoms with Crippen LogP contribution in [0.25, 0.3) is 0 Å². The summed E-state index contributed by atoms with van der Waals surface area (Å²) < 4.78 is 12.4. The third kappa shape index (κ3) is 3.03. The van der Waals surface area contributed by atoms with Gasteiger partial charge in [0.1, 0.15) is 5.69 Å². The van der Waals surface area contributed by atoms with Crippen LogP contribution in [0.5, 0.6) is 0 Å². The largest absolute Gasteiger partial charge is 0.477 e. The van der Waals surface area contributed by atoms with E-state index in [9.17, 15) is 9.00 Å².